The largest absolute Gasteiger partial charge is 0.380 e. The Labute approximate surface area is 73.1 Å². The predicted octanol–water partition coefficient (Wildman–Crippen LogP) is 2.43. The number of halogens is 1. The Balaban J connectivity index is 1.99. The van der Waals surface area contributed by atoms with Crippen LogP contribution in [0, 0.1) is 11.3 Å². The fraction of sp³-hybridized carbons (Fsp3) is 1.00. The van der Waals surface area contributed by atoms with Gasteiger partial charge < -0.3 is 4.74 Å². The van der Waals surface area contributed by atoms with Crippen molar-refractivity contribution >= 4 is 11.6 Å². The lowest BCUT2D eigenvalue weighted by molar-refractivity contribution is -0.130. The van der Waals surface area contributed by atoms with Gasteiger partial charge in [-0.25, -0.2) is 0 Å². The molecular formula is C9H15ClO. The van der Waals surface area contributed by atoms with E-state index in [-0.39, 0.29) is 0 Å². The summed E-state index contributed by atoms with van der Waals surface area (Å²) >= 11 is 5.96. The Kier molecular flexibility index (Phi) is 2.11. The monoisotopic (exact) mass is 174 g/mol. The molecule has 1 saturated carbocycles. The highest BCUT2D eigenvalue weighted by atomic mass is 35.5. The molecule has 2 fully saturated rings. The maximum atomic E-state index is 5.96. The number of alkyl halides is 1. The van der Waals surface area contributed by atoms with Crippen LogP contribution in [-0.2, 0) is 4.74 Å². The van der Waals surface area contributed by atoms with E-state index in [1.165, 1.54) is 25.7 Å². The topological polar surface area (TPSA) is 9.23 Å². The average molecular weight is 175 g/mol. The van der Waals surface area contributed by atoms with Crippen LogP contribution in [0.5, 0.6) is 0 Å². The summed E-state index contributed by atoms with van der Waals surface area (Å²) in [6, 6.07) is 0. The van der Waals surface area contributed by atoms with Crippen LogP contribution in [0.1, 0.15) is 25.7 Å². The smallest absolute Gasteiger partial charge is 0.0559 e. The minimum absolute atomic E-state index is 0.387. The highest BCUT2D eigenvalue weighted by Crippen LogP contribution is 2.45. The van der Waals surface area contributed by atoms with E-state index < -0.39 is 0 Å². The molecule has 0 spiro atoms. The van der Waals surface area contributed by atoms with E-state index in [0.29, 0.717) is 5.41 Å². The average Bonchev–Trinajstić information content (AvgIpc) is 2.39. The summed E-state index contributed by atoms with van der Waals surface area (Å²) < 4.78 is 5.26. The zero-order valence-corrected chi connectivity index (χ0v) is 7.57. The molecule has 0 N–H and O–H groups in total. The van der Waals surface area contributed by atoms with E-state index >= 15 is 0 Å². The summed E-state index contributed by atoms with van der Waals surface area (Å²) in [5.41, 5.74) is 0.387. The summed E-state index contributed by atoms with van der Waals surface area (Å²) in [5, 5.41) is 0. The summed E-state index contributed by atoms with van der Waals surface area (Å²) in [6.07, 6.45) is 5.58. The fourth-order valence-corrected chi connectivity index (χ4v) is 2.70. The molecule has 2 heteroatoms. The van der Waals surface area contributed by atoms with Gasteiger partial charge in [-0.3, -0.25) is 0 Å². The molecule has 1 nitrogen and oxygen atoms in total. The van der Waals surface area contributed by atoms with Crippen molar-refractivity contribution in [3.63, 3.8) is 0 Å². The number of ether oxygens (including phenoxy) is 1. The van der Waals surface area contributed by atoms with Crippen LogP contribution in [0.15, 0.2) is 0 Å². The molecule has 1 aliphatic heterocycles. The molecule has 1 heterocycles. The van der Waals surface area contributed by atoms with Crippen LogP contribution in [-0.4, -0.2) is 19.1 Å². The molecular weight excluding hydrogens is 160 g/mol. The lowest BCUT2D eigenvalue weighted by Crippen LogP contribution is -2.49. The van der Waals surface area contributed by atoms with Gasteiger partial charge in [0.15, 0.2) is 0 Å². The minimum Gasteiger partial charge on any atom is -0.380 e. The van der Waals surface area contributed by atoms with Gasteiger partial charge in [-0.2, -0.15) is 0 Å². The Morgan fingerprint density at radius 2 is 1.91 bits per heavy atom. The third kappa shape index (κ3) is 1.19. The lowest BCUT2D eigenvalue weighted by atomic mass is 9.74. The van der Waals surface area contributed by atoms with Gasteiger partial charge >= 0.3 is 0 Å². The van der Waals surface area contributed by atoms with Gasteiger partial charge in [0.05, 0.1) is 13.2 Å². The Hall–Kier alpha value is 0.250. The molecule has 2 aliphatic rings. The summed E-state index contributed by atoms with van der Waals surface area (Å²) in [6.45, 7) is 1.84. The highest BCUT2D eigenvalue weighted by molar-refractivity contribution is 6.18. The molecule has 2 rings (SSSR count). The Bertz CT molecular complexity index is 131. The number of hydrogen-bond acceptors (Lipinski definition) is 1. The number of hydrogen-bond donors (Lipinski definition) is 0. The third-order valence-electron chi connectivity index (χ3n) is 3.27. The summed E-state index contributed by atoms with van der Waals surface area (Å²) in [4.78, 5) is 0. The molecule has 1 saturated heterocycles. The van der Waals surface area contributed by atoms with Gasteiger partial charge in [-0.05, 0) is 18.8 Å². The first-order chi connectivity index (χ1) is 5.37. The van der Waals surface area contributed by atoms with Crippen molar-refractivity contribution in [1.29, 1.82) is 0 Å². The van der Waals surface area contributed by atoms with E-state index in [1.54, 1.807) is 0 Å². The van der Waals surface area contributed by atoms with E-state index in [0.717, 1.165) is 25.0 Å². The predicted molar refractivity (Wildman–Crippen MR) is 45.9 cm³/mol. The fourth-order valence-electron chi connectivity index (χ4n) is 2.32. The molecule has 0 radical (unpaired) electrons. The van der Waals surface area contributed by atoms with Crippen LogP contribution in [0.3, 0.4) is 0 Å². The van der Waals surface area contributed by atoms with E-state index in [2.05, 4.69) is 0 Å². The van der Waals surface area contributed by atoms with E-state index in [9.17, 15) is 0 Å². The highest BCUT2D eigenvalue weighted by Gasteiger charge is 2.45. The quantitative estimate of drug-likeness (QED) is 0.585. The molecule has 11 heavy (non-hydrogen) atoms. The molecule has 0 aromatic rings. The minimum atomic E-state index is 0.387. The van der Waals surface area contributed by atoms with Gasteiger partial charge in [-0.1, -0.05) is 12.8 Å². The normalized spacial score (nSPS) is 30.3. The maximum Gasteiger partial charge on any atom is 0.0559 e. The zero-order valence-electron chi connectivity index (χ0n) is 6.81. The second kappa shape index (κ2) is 2.95. The molecule has 0 bridgehead atoms. The van der Waals surface area contributed by atoms with Crippen LogP contribution in [0.4, 0.5) is 0 Å². The maximum absolute atomic E-state index is 5.96. The lowest BCUT2D eigenvalue weighted by Gasteiger charge is -2.44. The van der Waals surface area contributed by atoms with Crippen molar-refractivity contribution < 1.29 is 4.74 Å². The van der Waals surface area contributed by atoms with Gasteiger partial charge in [0.2, 0.25) is 0 Å². The Morgan fingerprint density at radius 3 is 2.27 bits per heavy atom. The van der Waals surface area contributed by atoms with Crippen molar-refractivity contribution in [3.05, 3.63) is 0 Å². The molecule has 0 atom stereocenters. The van der Waals surface area contributed by atoms with Crippen LogP contribution in [0.2, 0.25) is 0 Å². The first kappa shape index (κ1) is 7.88. The molecule has 64 valence electrons. The van der Waals surface area contributed by atoms with Gasteiger partial charge in [0.1, 0.15) is 0 Å². The molecule has 1 aliphatic carbocycles. The van der Waals surface area contributed by atoms with Gasteiger partial charge in [0.25, 0.3) is 0 Å². The standard InChI is InChI=1S/C9H15ClO/c10-5-9(6-11-7-9)8-3-1-2-4-8/h8H,1-7H2. The number of rotatable bonds is 2. The SMILES string of the molecule is ClCC1(C2CCCC2)COC1. The van der Waals surface area contributed by atoms with Crippen molar-refractivity contribution in [2.24, 2.45) is 11.3 Å². The van der Waals surface area contributed by atoms with Gasteiger partial charge in [-0.15, -0.1) is 11.6 Å². The van der Waals surface area contributed by atoms with Crippen LogP contribution in [0.25, 0.3) is 0 Å². The van der Waals surface area contributed by atoms with Crippen LogP contribution < -0.4 is 0 Å². The second-order valence-electron chi connectivity index (χ2n) is 3.97. The van der Waals surface area contributed by atoms with Crippen molar-refractivity contribution in [1.82, 2.24) is 0 Å². The third-order valence-corrected chi connectivity index (χ3v) is 3.80. The first-order valence-electron chi connectivity index (χ1n) is 4.51. The summed E-state index contributed by atoms with van der Waals surface area (Å²) in [7, 11) is 0. The molecule has 0 aromatic carbocycles. The zero-order chi connectivity index (χ0) is 7.73. The summed E-state index contributed by atoms with van der Waals surface area (Å²) in [5.74, 6) is 1.67. The Morgan fingerprint density at radius 1 is 1.27 bits per heavy atom. The van der Waals surface area contributed by atoms with Crippen LogP contribution >= 0.6 is 11.6 Å². The van der Waals surface area contributed by atoms with Crippen molar-refractivity contribution in [2.75, 3.05) is 19.1 Å². The molecule has 0 unspecified atom stereocenters. The van der Waals surface area contributed by atoms with Crippen molar-refractivity contribution in [3.8, 4) is 0 Å². The molecule has 0 aromatic heterocycles. The van der Waals surface area contributed by atoms with Crippen molar-refractivity contribution in [2.45, 2.75) is 25.7 Å². The van der Waals surface area contributed by atoms with E-state index in [1.807, 2.05) is 0 Å². The first-order valence-corrected chi connectivity index (χ1v) is 5.04. The molecule has 0 amide bonds. The van der Waals surface area contributed by atoms with E-state index in [4.69, 9.17) is 16.3 Å². The second-order valence-corrected chi connectivity index (χ2v) is 4.24. The van der Waals surface area contributed by atoms with Gasteiger partial charge in [0, 0.05) is 11.3 Å².